The van der Waals surface area contributed by atoms with E-state index < -0.39 is 22.1 Å². The molecule has 1 amide bonds. The molecule has 0 aliphatic carbocycles. The highest BCUT2D eigenvalue weighted by atomic mass is 32.2. The number of amides is 1. The molecule has 0 spiro atoms. The summed E-state index contributed by atoms with van der Waals surface area (Å²) in [6.07, 6.45) is 1.26. The number of nitrogens with one attached hydrogen (secondary N) is 1. The summed E-state index contributed by atoms with van der Waals surface area (Å²) in [6.45, 7) is 0.574. The molecule has 9 heteroatoms. The molecule has 1 aliphatic rings. The van der Waals surface area contributed by atoms with Crippen molar-refractivity contribution in [2.24, 2.45) is 5.92 Å². The molecule has 0 aromatic heterocycles. The van der Waals surface area contributed by atoms with Crippen LogP contribution in [0.5, 0.6) is 0 Å². The SMILES string of the molecule is COC(=O)c1ccc(NC(=O)C2CCCN(S(=O)(=O)N(C)C)C2)cc1. The molecule has 1 aromatic carbocycles. The van der Waals surface area contributed by atoms with E-state index >= 15 is 0 Å². The number of hydrogen-bond acceptors (Lipinski definition) is 5. The molecule has 0 bridgehead atoms. The van der Waals surface area contributed by atoms with Crippen molar-refractivity contribution in [1.82, 2.24) is 8.61 Å². The zero-order valence-corrected chi connectivity index (χ0v) is 15.4. The fraction of sp³-hybridized carbons (Fsp3) is 0.500. The summed E-state index contributed by atoms with van der Waals surface area (Å²) in [6, 6.07) is 6.35. The third-order valence-corrected chi connectivity index (χ3v) is 6.02. The fourth-order valence-electron chi connectivity index (χ4n) is 2.65. The number of nitrogens with zero attached hydrogens (tertiary/aromatic N) is 2. The van der Waals surface area contributed by atoms with E-state index in [9.17, 15) is 18.0 Å². The predicted octanol–water partition coefficient (Wildman–Crippen LogP) is 0.930. The summed E-state index contributed by atoms with van der Waals surface area (Å²) in [5.41, 5.74) is 0.937. The maximum atomic E-state index is 12.4. The van der Waals surface area contributed by atoms with Gasteiger partial charge in [0.15, 0.2) is 0 Å². The van der Waals surface area contributed by atoms with E-state index in [0.29, 0.717) is 30.6 Å². The van der Waals surface area contributed by atoms with Gasteiger partial charge in [-0.3, -0.25) is 4.79 Å². The van der Waals surface area contributed by atoms with Crippen molar-refractivity contribution in [2.45, 2.75) is 12.8 Å². The molecule has 1 fully saturated rings. The average Bonchev–Trinajstić information content (AvgIpc) is 2.61. The summed E-state index contributed by atoms with van der Waals surface area (Å²) < 4.78 is 31.5. The Labute approximate surface area is 147 Å². The molecule has 8 nitrogen and oxygen atoms in total. The second-order valence-corrected chi connectivity index (χ2v) is 8.19. The third kappa shape index (κ3) is 4.56. The Morgan fingerprint density at radius 1 is 1.24 bits per heavy atom. The van der Waals surface area contributed by atoms with Crippen LogP contribution in [-0.4, -0.2) is 63.2 Å². The van der Waals surface area contributed by atoms with Crippen molar-refractivity contribution in [1.29, 1.82) is 0 Å². The van der Waals surface area contributed by atoms with Gasteiger partial charge in [0.05, 0.1) is 18.6 Å². The lowest BCUT2D eigenvalue weighted by atomic mass is 9.98. The van der Waals surface area contributed by atoms with Gasteiger partial charge in [-0.15, -0.1) is 0 Å². The lowest BCUT2D eigenvalue weighted by Gasteiger charge is -2.32. The highest BCUT2D eigenvalue weighted by molar-refractivity contribution is 7.86. The monoisotopic (exact) mass is 369 g/mol. The maximum Gasteiger partial charge on any atom is 0.337 e. The van der Waals surface area contributed by atoms with Crippen molar-refractivity contribution in [3.05, 3.63) is 29.8 Å². The Balaban J connectivity index is 2.02. The minimum atomic E-state index is -3.52. The fourth-order valence-corrected chi connectivity index (χ4v) is 3.84. The molecule has 1 heterocycles. The Kier molecular flexibility index (Phi) is 6.15. The van der Waals surface area contributed by atoms with Crippen LogP contribution in [0.1, 0.15) is 23.2 Å². The number of benzene rings is 1. The van der Waals surface area contributed by atoms with Crippen LogP contribution >= 0.6 is 0 Å². The van der Waals surface area contributed by atoms with Crippen molar-refractivity contribution in [3.8, 4) is 0 Å². The molecule has 1 aromatic rings. The molecule has 25 heavy (non-hydrogen) atoms. The number of anilines is 1. The molecule has 1 unspecified atom stereocenters. The van der Waals surface area contributed by atoms with Gasteiger partial charge in [-0.1, -0.05) is 0 Å². The number of piperidine rings is 1. The lowest BCUT2D eigenvalue weighted by molar-refractivity contribution is -0.120. The quantitative estimate of drug-likeness (QED) is 0.779. The molecule has 1 aliphatic heterocycles. The first-order chi connectivity index (χ1) is 11.8. The van der Waals surface area contributed by atoms with E-state index in [-0.39, 0.29) is 12.5 Å². The maximum absolute atomic E-state index is 12.4. The highest BCUT2D eigenvalue weighted by Gasteiger charge is 2.33. The lowest BCUT2D eigenvalue weighted by Crippen LogP contribution is -2.47. The normalized spacial score (nSPS) is 18.8. The minimum absolute atomic E-state index is 0.159. The van der Waals surface area contributed by atoms with E-state index in [1.807, 2.05) is 0 Å². The first-order valence-electron chi connectivity index (χ1n) is 7.92. The number of hydrogen-bond donors (Lipinski definition) is 1. The van der Waals surface area contributed by atoms with Crippen LogP contribution in [0.4, 0.5) is 5.69 Å². The second kappa shape index (κ2) is 7.94. The number of carbonyl (C=O) groups excluding carboxylic acids is 2. The van der Waals surface area contributed by atoms with Gasteiger partial charge < -0.3 is 10.1 Å². The second-order valence-electron chi connectivity index (χ2n) is 6.05. The molecular weight excluding hydrogens is 346 g/mol. The molecule has 2 rings (SSSR count). The molecule has 0 radical (unpaired) electrons. The van der Waals surface area contributed by atoms with Gasteiger partial charge in [0, 0.05) is 32.9 Å². The van der Waals surface area contributed by atoms with E-state index in [0.717, 1.165) is 4.31 Å². The predicted molar refractivity (Wildman–Crippen MR) is 93.3 cm³/mol. The Bertz CT molecular complexity index is 731. The van der Waals surface area contributed by atoms with Crippen molar-refractivity contribution in [3.63, 3.8) is 0 Å². The van der Waals surface area contributed by atoms with Crippen LogP contribution in [0.2, 0.25) is 0 Å². The molecule has 1 atom stereocenters. The molecule has 1 N–H and O–H groups in total. The third-order valence-electron chi connectivity index (χ3n) is 4.12. The zero-order valence-electron chi connectivity index (χ0n) is 14.6. The zero-order chi connectivity index (χ0) is 18.6. The van der Waals surface area contributed by atoms with Gasteiger partial charge in [-0.25, -0.2) is 4.79 Å². The van der Waals surface area contributed by atoms with Crippen LogP contribution in [0.3, 0.4) is 0 Å². The van der Waals surface area contributed by atoms with Crippen LogP contribution in [0, 0.1) is 5.92 Å². The van der Waals surface area contributed by atoms with Gasteiger partial charge >= 0.3 is 5.97 Å². The van der Waals surface area contributed by atoms with E-state index in [1.54, 1.807) is 24.3 Å². The summed E-state index contributed by atoms with van der Waals surface area (Å²) in [7, 11) is 0.726. The smallest absolute Gasteiger partial charge is 0.337 e. The summed E-state index contributed by atoms with van der Waals surface area (Å²) in [5.74, 6) is -1.09. The Morgan fingerprint density at radius 3 is 2.44 bits per heavy atom. The number of methoxy groups -OCH3 is 1. The van der Waals surface area contributed by atoms with Gasteiger partial charge in [0.1, 0.15) is 0 Å². The van der Waals surface area contributed by atoms with Crippen LogP contribution in [0.15, 0.2) is 24.3 Å². The van der Waals surface area contributed by atoms with E-state index in [4.69, 9.17) is 0 Å². The molecule has 0 saturated carbocycles. The summed E-state index contributed by atoms with van der Waals surface area (Å²) in [4.78, 5) is 23.9. The first kappa shape index (κ1) is 19.4. The largest absolute Gasteiger partial charge is 0.465 e. The molecule has 1 saturated heterocycles. The van der Waals surface area contributed by atoms with Gasteiger partial charge in [0.2, 0.25) is 5.91 Å². The topological polar surface area (TPSA) is 96.0 Å². The van der Waals surface area contributed by atoms with Crippen LogP contribution in [-0.2, 0) is 19.7 Å². The van der Waals surface area contributed by atoms with Gasteiger partial charge in [-0.2, -0.15) is 17.0 Å². The first-order valence-corrected chi connectivity index (χ1v) is 9.32. The van der Waals surface area contributed by atoms with Crippen LogP contribution in [0.25, 0.3) is 0 Å². The summed E-state index contributed by atoms with van der Waals surface area (Å²) >= 11 is 0. The van der Waals surface area contributed by atoms with E-state index in [2.05, 4.69) is 10.1 Å². The Hall–Kier alpha value is -1.97. The Morgan fingerprint density at radius 2 is 1.88 bits per heavy atom. The van der Waals surface area contributed by atoms with Crippen molar-refractivity contribution in [2.75, 3.05) is 39.6 Å². The standard InChI is InChI=1S/C16H23N3O5S/c1-18(2)25(22,23)19-10-4-5-13(11-19)15(20)17-14-8-6-12(7-9-14)16(21)24-3/h6-9,13H,4-5,10-11H2,1-3H3,(H,17,20). The average molecular weight is 369 g/mol. The number of rotatable bonds is 5. The van der Waals surface area contributed by atoms with Crippen molar-refractivity contribution < 1.29 is 22.7 Å². The number of esters is 1. The van der Waals surface area contributed by atoms with Gasteiger partial charge in [0.25, 0.3) is 10.2 Å². The van der Waals surface area contributed by atoms with E-state index in [1.165, 1.54) is 25.5 Å². The molecular formula is C16H23N3O5S. The van der Waals surface area contributed by atoms with Crippen molar-refractivity contribution >= 4 is 27.8 Å². The minimum Gasteiger partial charge on any atom is -0.465 e. The number of carbonyl (C=O) groups is 2. The van der Waals surface area contributed by atoms with Crippen LogP contribution < -0.4 is 5.32 Å². The van der Waals surface area contributed by atoms with Gasteiger partial charge in [-0.05, 0) is 37.1 Å². The number of ether oxygens (including phenoxy) is 1. The highest BCUT2D eigenvalue weighted by Crippen LogP contribution is 2.22. The summed E-state index contributed by atoms with van der Waals surface area (Å²) in [5, 5.41) is 2.77. The molecule has 138 valence electrons.